The molecule has 0 aromatic rings. The zero-order valence-corrected chi connectivity index (χ0v) is 8.63. The Labute approximate surface area is 79.5 Å². The first-order valence-electron chi connectivity index (χ1n) is 4.71. The van der Waals surface area contributed by atoms with Crippen LogP contribution in [0.3, 0.4) is 0 Å². The molecule has 1 unspecified atom stereocenters. The van der Waals surface area contributed by atoms with Gasteiger partial charge in [-0.1, -0.05) is 20.3 Å². The molecule has 0 heterocycles. The molecule has 0 aliphatic heterocycles. The number of carbonyl (C=O) groups excluding carboxylic acids is 2. The Morgan fingerprint density at radius 2 is 2.00 bits per heavy atom. The van der Waals surface area contributed by atoms with Gasteiger partial charge in [0.2, 0.25) is 0 Å². The van der Waals surface area contributed by atoms with Crippen molar-refractivity contribution in [3.8, 4) is 0 Å². The highest BCUT2D eigenvalue weighted by Crippen LogP contribution is 2.06. The number of hydrogen-bond donors (Lipinski definition) is 0. The smallest absolute Gasteiger partial charge is 0.313 e. The van der Waals surface area contributed by atoms with Crippen LogP contribution in [0.25, 0.3) is 0 Å². The van der Waals surface area contributed by atoms with Crippen LogP contribution in [0.15, 0.2) is 0 Å². The Kier molecular flexibility index (Phi) is 6.20. The Morgan fingerprint density at radius 3 is 2.46 bits per heavy atom. The van der Waals surface area contributed by atoms with Crippen molar-refractivity contribution in [2.24, 2.45) is 5.92 Å². The molecular formula is C10H18O3. The van der Waals surface area contributed by atoms with Crippen molar-refractivity contribution in [3.63, 3.8) is 0 Å². The summed E-state index contributed by atoms with van der Waals surface area (Å²) in [6.45, 7) is 6.03. The molecule has 0 aliphatic rings. The van der Waals surface area contributed by atoms with Gasteiger partial charge in [0.1, 0.15) is 12.2 Å². The second kappa shape index (κ2) is 6.63. The molecule has 0 spiro atoms. The summed E-state index contributed by atoms with van der Waals surface area (Å²) in [5.74, 6) is 0.0227. The molecule has 0 radical (unpaired) electrons. The van der Waals surface area contributed by atoms with Crippen LogP contribution in [0.5, 0.6) is 0 Å². The largest absolute Gasteiger partial charge is 0.465 e. The second-order valence-electron chi connectivity index (χ2n) is 3.40. The van der Waals surface area contributed by atoms with Crippen molar-refractivity contribution in [3.05, 3.63) is 0 Å². The minimum atomic E-state index is -0.407. The predicted molar refractivity (Wildman–Crippen MR) is 50.3 cm³/mol. The summed E-state index contributed by atoms with van der Waals surface area (Å²) in [6, 6.07) is 0. The third-order valence-electron chi connectivity index (χ3n) is 1.96. The normalized spacial score (nSPS) is 12.2. The van der Waals surface area contributed by atoms with Crippen LogP contribution in [-0.4, -0.2) is 18.4 Å². The van der Waals surface area contributed by atoms with Gasteiger partial charge >= 0.3 is 5.97 Å². The number of hydrogen-bond acceptors (Lipinski definition) is 3. The average Bonchev–Trinajstić information content (AvgIpc) is 2.02. The highest BCUT2D eigenvalue weighted by molar-refractivity contribution is 5.94. The quantitative estimate of drug-likeness (QED) is 0.470. The van der Waals surface area contributed by atoms with Gasteiger partial charge in [0.05, 0.1) is 6.61 Å². The fraction of sp³-hybridized carbons (Fsp3) is 0.800. The number of carbonyl (C=O) groups is 2. The molecule has 0 rings (SSSR count). The van der Waals surface area contributed by atoms with E-state index in [-0.39, 0.29) is 12.2 Å². The van der Waals surface area contributed by atoms with E-state index in [0.717, 1.165) is 12.8 Å². The van der Waals surface area contributed by atoms with E-state index in [2.05, 4.69) is 13.8 Å². The Hall–Kier alpha value is -0.860. The maximum absolute atomic E-state index is 10.9. The molecule has 0 fully saturated rings. The molecule has 0 saturated carbocycles. The number of esters is 1. The second-order valence-corrected chi connectivity index (χ2v) is 3.40. The summed E-state index contributed by atoms with van der Waals surface area (Å²) in [4.78, 5) is 21.4. The summed E-state index contributed by atoms with van der Waals surface area (Å²) in [5.41, 5.74) is 0. The van der Waals surface area contributed by atoms with Gasteiger partial charge in [-0.05, 0) is 19.3 Å². The molecule has 0 aliphatic carbocycles. The number of rotatable bonds is 6. The fourth-order valence-electron chi connectivity index (χ4n) is 0.832. The predicted octanol–water partition coefficient (Wildman–Crippen LogP) is 1.94. The molecule has 0 N–H and O–H groups in total. The topological polar surface area (TPSA) is 43.4 Å². The SMILES string of the molecule is CCC(C)CCOC(=O)CC(C)=O. The van der Waals surface area contributed by atoms with Gasteiger partial charge in [-0.3, -0.25) is 9.59 Å². The van der Waals surface area contributed by atoms with Crippen LogP contribution >= 0.6 is 0 Å². The fourth-order valence-corrected chi connectivity index (χ4v) is 0.832. The Balaban J connectivity index is 3.42. The highest BCUT2D eigenvalue weighted by atomic mass is 16.5. The van der Waals surface area contributed by atoms with Crippen LogP contribution in [0, 0.1) is 5.92 Å². The van der Waals surface area contributed by atoms with E-state index in [1.807, 2.05) is 0 Å². The average molecular weight is 186 g/mol. The van der Waals surface area contributed by atoms with E-state index in [0.29, 0.717) is 12.5 Å². The van der Waals surface area contributed by atoms with Gasteiger partial charge in [-0.2, -0.15) is 0 Å². The van der Waals surface area contributed by atoms with E-state index in [1.165, 1.54) is 6.92 Å². The lowest BCUT2D eigenvalue weighted by atomic mass is 10.1. The molecule has 3 nitrogen and oxygen atoms in total. The summed E-state index contributed by atoms with van der Waals surface area (Å²) in [7, 11) is 0. The minimum Gasteiger partial charge on any atom is -0.465 e. The van der Waals surface area contributed by atoms with Crippen molar-refractivity contribution < 1.29 is 14.3 Å². The molecule has 0 aromatic heterocycles. The maximum atomic E-state index is 10.9. The first kappa shape index (κ1) is 12.1. The molecule has 0 amide bonds. The number of ether oxygens (including phenoxy) is 1. The number of Topliss-reactive ketones (excluding diaryl/α,β-unsaturated/α-hetero) is 1. The van der Waals surface area contributed by atoms with Crippen molar-refractivity contribution in [1.29, 1.82) is 0 Å². The van der Waals surface area contributed by atoms with E-state index < -0.39 is 5.97 Å². The van der Waals surface area contributed by atoms with Gasteiger partial charge in [0.15, 0.2) is 0 Å². The van der Waals surface area contributed by atoms with Crippen molar-refractivity contribution in [2.45, 2.75) is 40.0 Å². The molecule has 0 bridgehead atoms. The van der Waals surface area contributed by atoms with Gasteiger partial charge in [-0.15, -0.1) is 0 Å². The van der Waals surface area contributed by atoms with Gasteiger partial charge in [0, 0.05) is 0 Å². The first-order chi connectivity index (χ1) is 6.06. The van der Waals surface area contributed by atoms with Crippen molar-refractivity contribution in [2.75, 3.05) is 6.61 Å². The minimum absolute atomic E-state index is 0.0967. The van der Waals surface area contributed by atoms with Crippen LogP contribution in [-0.2, 0) is 14.3 Å². The van der Waals surface area contributed by atoms with Crippen molar-refractivity contribution >= 4 is 11.8 Å². The third kappa shape index (κ3) is 7.50. The van der Waals surface area contributed by atoms with Gasteiger partial charge in [-0.25, -0.2) is 0 Å². The highest BCUT2D eigenvalue weighted by Gasteiger charge is 2.06. The first-order valence-corrected chi connectivity index (χ1v) is 4.71. The number of ketones is 1. The zero-order chi connectivity index (χ0) is 10.3. The van der Waals surface area contributed by atoms with Gasteiger partial charge in [0.25, 0.3) is 0 Å². The van der Waals surface area contributed by atoms with E-state index in [4.69, 9.17) is 4.74 Å². The lowest BCUT2D eigenvalue weighted by molar-refractivity contribution is -0.146. The van der Waals surface area contributed by atoms with Crippen molar-refractivity contribution in [1.82, 2.24) is 0 Å². The summed E-state index contributed by atoms with van der Waals surface area (Å²) >= 11 is 0. The Morgan fingerprint density at radius 1 is 1.38 bits per heavy atom. The molecule has 0 saturated heterocycles. The molecule has 1 atom stereocenters. The molecular weight excluding hydrogens is 168 g/mol. The lowest BCUT2D eigenvalue weighted by Gasteiger charge is -2.07. The molecule has 13 heavy (non-hydrogen) atoms. The molecule has 3 heteroatoms. The molecule has 0 aromatic carbocycles. The standard InChI is InChI=1S/C10H18O3/c1-4-8(2)5-6-13-10(12)7-9(3)11/h8H,4-7H2,1-3H3. The van der Waals surface area contributed by atoms with E-state index >= 15 is 0 Å². The summed E-state index contributed by atoms with van der Waals surface area (Å²) in [6.07, 6.45) is 1.87. The summed E-state index contributed by atoms with van der Waals surface area (Å²) in [5, 5.41) is 0. The van der Waals surface area contributed by atoms with Crippen LogP contribution in [0.2, 0.25) is 0 Å². The third-order valence-corrected chi connectivity index (χ3v) is 1.96. The molecule has 76 valence electrons. The lowest BCUT2D eigenvalue weighted by Crippen LogP contribution is -2.11. The monoisotopic (exact) mass is 186 g/mol. The van der Waals surface area contributed by atoms with E-state index in [9.17, 15) is 9.59 Å². The van der Waals surface area contributed by atoms with Crippen LogP contribution in [0.1, 0.15) is 40.0 Å². The van der Waals surface area contributed by atoms with Crippen LogP contribution < -0.4 is 0 Å². The van der Waals surface area contributed by atoms with Gasteiger partial charge < -0.3 is 4.74 Å². The summed E-state index contributed by atoms with van der Waals surface area (Å²) < 4.78 is 4.87. The van der Waals surface area contributed by atoms with E-state index in [1.54, 1.807) is 0 Å². The Bertz CT molecular complexity index is 175. The maximum Gasteiger partial charge on any atom is 0.313 e. The zero-order valence-electron chi connectivity index (χ0n) is 8.63. The van der Waals surface area contributed by atoms with Crippen LogP contribution in [0.4, 0.5) is 0 Å².